The zero-order chi connectivity index (χ0) is 20.1. The van der Waals surface area contributed by atoms with Crippen LogP contribution in [0, 0.1) is 0 Å². The summed E-state index contributed by atoms with van der Waals surface area (Å²) in [6, 6.07) is 8.42. The van der Waals surface area contributed by atoms with E-state index >= 15 is 0 Å². The van der Waals surface area contributed by atoms with E-state index < -0.39 is 0 Å². The van der Waals surface area contributed by atoms with Crippen molar-refractivity contribution in [2.24, 2.45) is 0 Å². The van der Waals surface area contributed by atoms with Gasteiger partial charge in [0.05, 0.1) is 26.1 Å². The lowest BCUT2D eigenvalue weighted by Gasteiger charge is -2.32. The van der Waals surface area contributed by atoms with Crippen molar-refractivity contribution in [3.63, 3.8) is 0 Å². The Hall–Kier alpha value is -3.13. The first-order valence-electron chi connectivity index (χ1n) is 9.77. The van der Waals surface area contributed by atoms with Crippen LogP contribution in [-0.4, -0.2) is 58.4 Å². The minimum absolute atomic E-state index is 0.363. The van der Waals surface area contributed by atoms with E-state index in [9.17, 15) is 0 Å². The van der Waals surface area contributed by atoms with E-state index in [-0.39, 0.29) is 0 Å². The first-order valence-corrected chi connectivity index (χ1v) is 9.77. The monoisotopic (exact) mass is 394 g/mol. The van der Waals surface area contributed by atoms with Crippen molar-refractivity contribution in [1.29, 1.82) is 0 Å². The Bertz CT molecular complexity index is 919. The van der Waals surface area contributed by atoms with Crippen molar-refractivity contribution in [2.75, 3.05) is 32.6 Å². The molecule has 0 aliphatic carbocycles. The molecular formula is C21H26N6O2. The topological polar surface area (TPSA) is 88.2 Å². The summed E-state index contributed by atoms with van der Waals surface area (Å²) in [6.45, 7) is 2.89. The molecule has 4 rings (SSSR count). The molecule has 0 saturated carbocycles. The third-order valence-corrected chi connectivity index (χ3v) is 5.28. The van der Waals surface area contributed by atoms with Crippen molar-refractivity contribution < 1.29 is 9.47 Å². The fourth-order valence-electron chi connectivity index (χ4n) is 3.68. The molecule has 29 heavy (non-hydrogen) atoms. The van der Waals surface area contributed by atoms with Gasteiger partial charge in [0.2, 0.25) is 0 Å². The van der Waals surface area contributed by atoms with Crippen LogP contribution >= 0.6 is 0 Å². The van der Waals surface area contributed by atoms with Crippen molar-refractivity contribution in [1.82, 2.24) is 25.1 Å². The minimum atomic E-state index is 0.363. The first kappa shape index (κ1) is 19.2. The van der Waals surface area contributed by atoms with Gasteiger partial charge in [0.1, 0.15) is 5.75 Å². The zero-order valence-corrected chi connectivity index (χ0v) is 16.8. The molecule has 0 radical (unpaired) electrons. The molecule has 2 N–H and O–H groups in total. The maximum absolute atomic E-state index is 5.28. The number of aromatic nitrogens is 4. The summed E-state index contributed by atoms with van der Waals surface area (Å²) in [4.78, 5) is 11.0. The number of piperidine rings is 1. The van der Waals surface area contributed by atoms with E-state index in [0.717, 1.165) is 49.5 Å². The molecule has 1 saturated heterocycles. The van der Waals surface area contributed by atoms with E-state index in [1.165, 1.54) is 5.56 Å². The van der Waals surface area contributed by atoms with Gasteiger partial charge in [-0.15, -0.1) is 0 Å². The van der Waals surface area contributed by atoms with Gasteiger partial charge in [-0.2, -0.15) is 5.10 Å². The van der Waals surface area contributed by atoms with Crippen LogP contribution in [-0.2, 0) is 6.54 Å². The molecule has 0 unspecified atom stereocenters. The quantitative estimate of drug-likeness (QED) is 0.637. The zero-order valence-electron chi connectivity index (χ0n) is 16.8. The van der Waals surface area contributed by atoms with Gasteiger partial charge in [-0.25, -0.2) is 9.97 Å². The van der Waals surface area contributed by atoms with Crippen LogP contribution < -0.4 is 14.8 Å². The molecule has 0 atom stereocenters. The third kappa shape index (κ3) is 4.48. The van der Waals surface area contributed by atoms with Crippen LogP contribution in [0.25, 0.3) is 11.3 Å². The van der Waals surface area contributed by atoms with Gasteiger partial charge >= 0.3 is 0 Å². The second-order valence-electron chi connectivity index (χ2n) is 7.11. The van der Waals surface area contributed by atoms with Gasteiger partial charge in [0.25, 0.3) is 5.88 Å². The highest BCUT2D eigenvalue weighted by molar-refractivity contribution is 5.63. The fraction of sp³-hybridized carbons (Fsp3) is 0.381. The Kier molecular flexibility index (Phi) is 5.90. The van der Waals surface area contributed by atoms with Gasteiger partial charge in [0.15, 0.2) is 5.82 Å². The molecule has 8 heteroatoms. The van der Waals surface area contributed by atoms with Gasteiger partial charge in [-0.1, -0.05) is 0 Å². The fourth-order valence-corrected chi connectivity index (χ4v) is 3.68. The maximum Gasteiger partial charge on any atom is 0.257 e. The number of anilines is 1. The highest BCUT2D eigenvalue weighted by Gasteiger charge is 2.22. The molecule has 1 aliphatic heterocycles. The second kappa shape index (κ2) is 8.91. The smallest absolute Gasteiger partial charge is 0.257 e. The molecule has 152 valence electrons. The average molecular weight is 394 g/mol. The Morgan fingerprint density at radius 1 is 1.07 bits per heavy atom. The second-order valence-corrected chi connectivity index (χ2v) is 7.11. The Balaban J connectivity index is 1.35. The molecule has 2 aromatic heterocycles. The van der Waals surface area contributed by atoms with E-state index in [1.54, 1.807) is 26.6 Å². The maximum atomic E-state index is 5.28. The first-order chi connectivity index (χ1) is 14.3. The van der Waals surface area contributed by atoms with Crippen molar-refractivity contribution in [3.05, 3.63) is 48.4 Å². The predicted octanol–water partition coefficient (Wildman–Crippen LogP) is 2.96. The summed E-state index contributed by atoms with van der Waals surface area (Å²) in [5.74, 6) is 2.10. The molecule has 0 bridgehead atoms. The standard InChI is InChI=1S/C21H26N6O2/c1-28-18-5-3-15(4-6-18)19-16(13-24-26-19)14-27-11-7-17(8-12-27)25-20-21(29-2)23-10-9-22-20/h3-6,9-10,13,17H,7-8,11-12,14H2,1-2H3,(H,22,25)(H,24,26). The molecule has 3 aromatic rings. The van der Waals surface area contributed by atoms with Crippen LogP contribution in [0.3, 0.4) is 0 Å². The molecule has 1 aliphatic rings. The van der Waals surface area contributed by atoms with Gasteiger partial charge < -0.3 is 14.8 Å². The summed E-state index contributed by atoms with van der Waals surface area (Å²) < 4.78 is 10.5. The Morgan fingerprint density at radius 2 is 1.83 bits per heavy atom. The summed E-state index contributed by atoms with van der Waals surface area (Å²) in [5.41, 5.74) is 3.39. The number of H-pyrrole nitrogens is 1. The van der Waals surface area contributed by atoms with Crippen LogP contribution in [0.4, 0.5) is 5.82 Å². The highest BCUT2D eigenvalue weighted by atomic mass is 16.5. The number of ether oxygens (including phenoxy) is 2. The number of methoxy groups -OCH3 is 2. The summed E-state index contributed by atoms with van der Waals surface area (Å²) in [5, 5.41) is 10.9. The predicted molar refractivity (Wildman–Crippen MR) is 111 cm³/mol. The average Bonchev–Trinajstić information content (AvgIpc) is 3.23. The van der Waals surface area contributed by atoms with Gasteiger partial charge in [0, 0.05) is 49.2 Å². The molecule has 0 spiro atoms. The molecule has 1 aromatic carbocycles. The number of rotatable bonds is 7. The number of nitrogens with one attached hydrogen (secondary N) is 2. The lowest BCUT2D eigenvalue weighted by molar-refractivity contribution is 0.211. The molecule has 0 amide bonds. The number of benzene rings is 1. The van der Waals surface area contributed by atoms with E-state index in [0.29, 0.717) is 17.7 Å². The van der Waals surface area contributed by atoms with Crippen LogP contribution in [0.1, 0.15) is 18.4 Å². The van der Waals surface area contributed by atoms with Crippen molar-refractivity contribution in [2.45, 2.75) is 25.4 Å². The summed E-state index contributed by atoms with van der Waals surface area (Å²) in [6.07, 6.45) is 7.32. The summed E-state index contributed by atoms with van der Waals surface area (Å²) in [7, 11) is 3.29. The van der Waals surface area contributed by atoms with Crippen LogP contribution in [0.5, 0.6) is 11.6 Å². The van der Waals surface area contributed by atoms with Crippen molar-refractivity contribution >= 4 is 5.82 Å². The number of aromatic amines is 1. The largest absolute Gasteiger partial charge is 0.497 e. The number of likely N-dealkylation sites (tertiary alicyclic amines) is 1. The van der Waals surface area contributed by atoms with E-state index in [1.807, 2.05) is 18.3 Å². The van der Waals surface area contributed by atoms with Crippen LogP contribution in [0.15, 0.2) is 42.9 Å². The number of hydrogen-bond acceptors (Lipinski definition) is 7. The molecular weight excluding hydrogens is 368 g/mol. The lowest BCUT2D eigenvalue weighted by atomic mass is 10.0. The van der Waals surface area contributed by atoms with Crippen LogP contribution in [0.2, 0.25) is 0 Å². The SMILES string of the molecule is COc1ccc(-c2[nH]ncc2CN2CCC(Nc3nccnc3OC)CC2)cc1. The summed E-state index contributed by atoms with van der Waals surface area (Å²) >= 11 is 0. The highest BCUT2D eigenvalue weighted by Crippen LogP contribution is 2.26. The van der Waals surface area contributed by atoms with Gasteiger partial charge in [-0.3, -0.25) is 10.00 Å². The van der Waals surface area contributed by atoms with E-state index in [2.05, 4.69) is 42.5 Å². The van der Waals surface area contributed by atoms with Gasteiger partial charge in [-0.05, 0) is 37.1 Å². The molecule has 1 fully saturated rings. The number of nitrogens with zero attached hydrogens (tertiary/aromatic N) is 4. The third-order valence-electron chi connectivity index (χ3n) is 5.28. The van der Waals surface area contributed by atoms with E-state index in [4.69, 9.17) is 9.47 Å². The minimum Gasteiger partial charge on any atom is -0.497 e. The van der Waals surface area contributed by atoms with Crippen molar-refractivity contribution in [3.8, 4) is 22.9 Å². The Morgan fingerprint density at radius 3 is 2.55 bits per heavy atom. The lowest BCUT2D eigenvalue weighted by Crippen LogP contribution is -2.38. The molecule has 3 heterocycles. The molecule has 8 nitrogen and oxygen atoms in total. The number of hydrogen-bond donors (Lipinski definition) is 2. The normalized spacial score (nSPS) is 15.2. The Labute approximate surface area is 170 Å².